The molecule has 1 amide bonds. The van der Waals surface area contributed by atoms with Gasteiger partial charge in [-0.25, -0.2) is 4.79 Å². The maximum atomic E-state index is 12.4. The molecule has 0 radical (unpaired) electrons. The van der Waals surface area contributed by atoms with Crippen molar-refractivity contribution in [1.29, 1.82) is 0 Å². The summed E-state index contributed by atoms with van der Waals surface area (Å²) in [5, 5.41) is 3.69. The van der Waals surface area contributed by atoms with Crippen LogP contribution in [-0.2, 0) is 9.47 Å². The largest absolute Gasteiger partial charge is 0.444 e. The van der Waals surface area contributed by atoms with Crippen LogP contribution in [0.4, 0.5) is 4.79 Å². The van der Waals surface area contributed by atoms with Gasteiger partial charge in [-0.05, 0) is 66.2 Å². The number of carbonyl (C=O) groups excluding carboxylic acids is 1. The molecule has 0 aromatic rings. The Morgan fingerprint density at radius 3 is 2.35 bits per heavy atom. The van der Waals surface area contributed by atoms with E-state index in [-0.39, 0.29) is 6.09 Å². The van der Waals surface area contributed by atoms with E-state index in [0.29, 0.717) is 30.3 Å². The summed E-state index contributed by atoms with van der Waals surface area (Å²) in [6, 6.07) is 1.18. The fraction of sp³-hybridized carbons (Fsp3) is 0.944. The standard InChI is InChI=1S/C18H32N2O3/c1-12-5-8-16(22-12)11-19-13-9-14-6-7-15(10-13)20(14)17(21)23-18(2,3)4/h12-16,19H,5-11H2,1-4H3. The predicted octanol–water partition coefficient (Wildman–Crippen LogP) is 3.07. The summed E-state index contributed by atoms with van der Waals surface area (Å²) in [6.45, 7) is 8.90. The Morgan fingerprint density at radius 2 is 1.83 bits per heavy atom. The van der Waals surface area contributed by atoms with E-state index in [0.717, 1.165) is 38.6 Å². The molecule has 0 aromatic carbocycles. The quantitative estimate of drug-likeness (QED) is 0.867. The molecule has 0 aliphatic carbocycles. The molecule has 0 saturated carbocycles. The summed E-state index contributed by atoms with van der Waals surface area (Å²) in [5.41, 5.74) is -0.415. The third-order valence-corrected chi connectivity index (χ3v) is 5.29. The average Bonchev–Trinajstić information content (AvgIpc) is 2.96. The van der Waals surface area contributed by atoms with Crippen LogP contribution in [-0.4, -0.2) is 53.5 Å². The molecule has 0 spiro atoms. The van der Waals surface area contributed by atoms with Crippen LogP contribution >= 0.6 is 0 Å². The first-order chi connectivity index (χ1) is 10.8. The Labute approximate surface area is 140 Å². The number of fused-ring (bicyclic) bond motifs is 2. The van der Waals surface area contributed by atoms with Crippen molar-refractivity contribution in [2.75, 3.05) is 6.54 Å². The number of carbonyl (C=O) groups is 1. The van der Waals surface area contributed by atoms with Crippen LogP contribution in [0.5, 0.6) is 0 Å². The molecular formula is C18H32N2O3. The topological polar surface area (TPSA) is 50.8 Å². The Morgan fingerprint density at radius 1 is 1.17 bits per heavy atom. The van der Waals surface area contributed by atoms with Gasteiger partial charge in [0.2, 0.25) is 0 Å². The van der Waals surface area contributed by atoms with Gasteiger partial charge in [-0.15, -0.1) is 0 Å². The molecule has 3 aliphatic rings. The summed E-state index contributed by atoms with van der Waals surface area (Å²) >= 11 is 0. The van der Waals surface area contributed by atoms with Gasteiger partial charge in [0.25, 0.3) is 0 Å². The number of nitrogens with one attached hydrogen (secondary N) is 1. The van der Waals surface area contributed by atoms with E-state index in [1.54, 1.807) is 0 Å². The fourth-order valence-electron chi connectivity index (χ4n) is 4.29. The van der Waals surface area contributed by atoms with Crippen LogP contribution in [0.1, 0.15) is 66.2 Å². The van der Waals surface area contributed by atoms with Crippen molar-refractivity contribution < 1.29 is 14.3 Å². The lowest BCUT2D eigenvalue weighted by molar-refractivity contribution is 0.00323. The molecule has 1 N–H and O–H groups in total. The van der Waals surface area contributed by atoms with Gasteiger partial charge in [-0.1, -0.05) is 0 Å². The van der Waals surface area contributed by atoms with Crippen molar-refractivity contribution in [2.45, 2.75) is 102 Å². The highest BCUT2D eigenvalue weighted by Crippen LogP contribution is 2.37. The molecule has 3 aliphatic heterocycles. The van der Waals surface area contributed by atoms with E-state index in [9.17, 15) is 4.79 Å². The van der Waals surface area contributed by atoms with Crippen LogP contribution in [0.25, 0.3) is 0 Å². The minimum atomic E-state index is -0.415. The zero-order valence-electron chi connectivity index (χ0n) is 15.0. The third kappa shape index (κ3) is 4.18. The number of hydrogen-bond acceptors (Lipinski definition) is 4. The van der Waals surface area contributed by atoms with Crippen molar-refractivity contribution in [3.63, 3.8) is 0 Å². The summed E-state index contributed by atoms with van der Waals surface area (Å²) in [6.07, 6.45) is 7.29. The van der Waals surface area contributed by atoms with Gasteiger partial charge in [0, 0.05) is 24.7 Å². The molecule has 3 heterocycles. The van der Waals surface area contributed by atoms with E-state index in [2.05, 4.69) is 12.2 Å². The molecule has 3 saturated heterocycles. The molecule has 5 heteroatoms. The molecule has 3 rings (SSSR count). The van der Waals surface area contributed by atoms with E-state index in [4.69, 9.17) is 9.47 Å². The summed E-state index contributed by atoms with van der Waals surface area (Å²) < 4.78 is 11.5. The highest BCUT2D eigenvalue weighted by atomic mass is 16.6. The Hall–Kier alpha value is -0.810. The zero-order valence-corrected chi connectivity index (χ0v) is 15.0. The molecule has 2 bridgehead atoms. The summed E-state index contributed by atoms with van der Waals surface area (Å²) in [4.78, 5) is 14.5. The second-order valence-electron chi connectivity index (χ2n) is 8.50. The lowest BCUT2D eigenvalue weighted by Gasteiger charge is -2.40. The number of ether oxygens (including phenoxy) is 2. The highest BCUT2D eigenvalue weighted by Gasteiger charge is 2.44. The first-order valence-corrected chi connectivity index (χ1v) is 9.22. The van der Waals surface area contributed by atoms with Crippen LogP contribution in [0.2, 0.25) is 0 Å². The number of hydrogen-bond donors (Lipinski definition) is 1. The maximum Gasteiger partial charge on any atom is 0.410 e. The predicted molar refractivity (Wildman–Crippen MR) is 89.5 cm³/mol. The summed E-state index contributed by atoms with van der Waals surface area (Å²) in [7, 11) is 0. The number of amides is 1. The Balaban J connectivity index is 1.49. The lowest BCUT2D eigenvalue weighted by Crippen LogP contribution is -2.53. The van der Waals surface area contributed by atoms with Gasteiger partial charge in [-0.2, -0.15) is 0 Å². The van der Waals surface area contributed by atoms with Crippen molar-refractivity contribution in [2.24, 2.45) is 0 Å². The van der Waals surface area contributed by atoms with Crippen LogP contribution in [0.15, 0.2) is 0 Å². The van der Waals surface area contributed by atoms with E-state index < -0.39 is 5.60 Å². The van der Waals surface area contributed by atoms with Crippen molar-refractivity contribution in [3.8, 4) is 0 Å². The van der Waals surface area contributed by atoms with Crippen LogP contribution in [0, 0.1) is 0 Å². The molecule has 4 atom stereocenters. The number of rotatable bonds is 3. The monoisotopic (exact) mass is 324 g/mol. The molecule has 3 fully saturated rings. The number of piperidine rings is 1. The van der Waals surface area contributed by atoms with Gasteiger partial charge in [0.15, 0.2) is 0 Å². The zero-order chi connectivity index (χ0) is 16.6. The van der Waals surface area contributed by atoms with Gasteiger partial charge in [-0.3, -0.25) is 0 Å². The molecule has 4 unspecified atom stereocenters. The molecule has 5 nitrogen and oxygen atoms in total. The average molecular weight is 324 g/mol. The first kappa shape index (κ1) is 17.0. The molecule has 132 valence electrons. The van der Waals surface area contributed by atoms with E-state index >= 15 is 0 Å². The Bertz CT molecular complexity index is 420. The summed E-state index contributed by atoms with van der Waals surface area (Å²) in [5.74, 6) is 0. The number of nitrogens with zero attached hydrogens (tertiary/aromatic N) is 1. The van der Waals surface area contributed by atoms with Gasteiger partial charge in [0.05, 0.1) is 12.2 Å². The molecular weight excluding hydrogens is 292 g/mol. The highest BCUT2D eigenvalue weighted by molar-refractivity contribution is 5.69. The smallest absolute Gasteiger partial charge is 0.410 e. The maximum absolute atomic E-state index is 12.4. The van der Waals surface area contributed by atoms with Gasteiger partial charge >= 0.3 is 6.09 Å². The first-order valence-electron chi connectivity index (χ1n) is 9.22. The third-order valence-electron chi connectivity index (χ3n) is 5.29. The molecule has 23 heavy (non-hydrogen) atoms. The fourth-order valence-corrected chi connectivity index (χ4v) is 4.29. The SMILES string of the molecule is CC1CCC(CNC2CC3CCC(C2)N3C(=O)OC(C)(C)C)O1. The van der Waals surface area contributed by atoms with Gasteiger partial charge < -0.3 is 19.7 Å². The van der Waals surface area contributed by atoms with Crippen molar-refractivity contribution >= 4 is 6.09 Å². The van der Waals surface area contributed by atoms with Crippen LogP contribution in [0.3, 0.4) is 0 Å². The van der Waals surface area contributed by atoms with Crippen molar-refractivity contribution in [1.82, 2.24) is 10.2 Å². The van der Waals surface area contributed by atoms with Crippen LogP contribution < -0.4 is 5.32 Å². The molecule has 0 aromatic heterocycles. The van der Waals surface area contributed by atoms with E-state index in [1.165, 1.54) is 6.42 Å². The van der Waals surface area contributed by atoms with Crippen molar-refractivity contribution in [3.05, 3.63) is 0 Å². The Kier molecular flexibility index (Phi) is 4.88. The lowest BCUT2D eigenvalue weighted by atomic mass is 9.97. The second-order valence-corrected chi connectivity index (χ2v) is 8.50. The van der Waals surface area contributed by atoms with E-state index in [1.807, 2.05) is 25.7 Å². The minimum Gasteiger partial charge on any atom is -0.444 e. The second kappa shape index (κ2) is 6.60. The van der Waals surface area contributed by atoms with Gasteiger partial charge in [0.1, 0.15) is 5.60 Å². The normalized spacial score (nSPS) is 37.2. The minimum absolute atomic E-state index is 0.128.